The molecule has 1 radical (unpaired) electrons. The van der Waals surface area contributed by atoms with Crippen molar-refractivity contribution in [1.29, 1.82) is 0 Å². The second-order valence-electron chi connectivity index (χ2n) is 10.5. The third-order valence-corrected chi connectivity index (χ3v) is 8.13. The molecular formula is C33H21CuN8+. The first-order valence-electron chi connectivity index (χ1n) is 13.6. The minimum atomic E-state index is -0.00260. The van der Waals surface area contributed by atoms with E-state index < -0.39 is 0 Å². The van der Waals surface area contributed by atoms with E-state index in [1.54, 1.807) is 0 Å². The summed E-state index contributed by atoms with van der Waals surface area (Å²) in [5.41, 5.74) is 4.43. The van der Waals surface area contributed by atoms with Crippen molar-refractivity contribution in [3.8, 4) is 22.8 Å². The molecule has 3 aliphatic rings. The van der Waals surface area contributed by atoms with Gasteiger partial charge in [0.25, 0.3) is 0 Å². The van der Waals surface area contributed by atoms with Crippen LogP contribution in [-0.4, -0.2) is 24.9 Å². The van der Waals surface area contributed by atoms with Crippen molar-refractivity contribution in [2.75, 3.05) is 0 Å². The van der Waals surface area contributed by atoms with Crippen LogP contribution in [0, 0.1) is 0 Å². The Balaban J connectivity index is 0.00000267. The third kappa shape index (κ3) is 3.54. The van der Waals surface area contributed by atoms with Crippen molar-refractivity contribution >= 4 is 44.1 Å². The Labute approximate surface area is 250 Å². The molecule has 8 nitrogen and oxygen atoms in total. The van der Waals surface area contributed by atoms with Crippen molar-refractivity contribution < 1.29 is 21.6 Å². The number of hydrogen-bond acceptors (Lipinski definition) is 5. The summed E-state index contributed by atoms with van der Waals surface area (Å²) in [5.74, 6) is 2.79. The minimum Gasteiger partial charge on any atom is -0.357 e. The van der Waals surface area contributed by atoms with E-state index in [-0.39, 0.29) is 28.9 Å². The molecular weight excluding hydrogens is 572 g/mol. The predicted octanol–water partition coefficient (Wildman–Crippen LogP) is 5.21. The summed E-state index contributed by atoms with van der Waals surface area (Å²) in [6.07, 6.45) is 8.48. The fraction of sp³-hybridized carbons (Fsp3) is 0.0909. The third-order valence-electron chi connectivity index (χ3n) is 8.13. The molecule has 2 unspecified atom stereocenters. The number of aromatic nitrogens is 8. The van der Waals surface area contributed by atoms with E-state index >= 15 is 0 Å². The molecule has 2 atom stereocenters. The smallest absolute Gasteiger partial charge is 0.357 e. The fourth-order valence-corrected chi connectivity index (χ4v) is 6.15. The molecule has 0 N–H and O–H groups in total. The van der Waals surface area contributed by atoms with Crippen LogP contribution in [0.25, 0.3) is 66.9 Å². The van der Waals surface area contributed by atoms with E-state index in [0.717, 1.165) is 50.0 Å². The first kappa shape index (κ1) is 24.8. The molecule has 203 valence electrons. The zero-order chi connectivity index (χ0) is 27.1. The van der Waals surface area contributed by atoms with Crippen molar-refractivity contribution in [1.82, 2.24) is 34.9 Å². The molecule has 9 heteroatoms. The van der Waals surface area contributed by atoms with E-state index in [0.29, 0.717) is 28.6 Å². The van der Waals surface area contributed by atoms with Gasteiger partial charge in [-0.3, -0.25) is 0 Å². The average Bonchev–Trinajstić information content (AvgIpc) is 3.76. The Bertz CT molecular complexity index is 2310. The zero-order valence-corrected chi connectivity index (χ0v) is 23.2. The van der Waals surface area contributed by atoms with Crippen LogP contribution in [0.2, 0.25) is 0 Å². The summed E-state index contributed by atoms with van der Waals surface area (Å²) in [6, 6.07) is 24.3. The van der Waals surface area contributed by atoms with Gasteiger partial charge in [0.1, 0.15) is 11.5 Å². The number of allylic oxidation sites excluding steroid dienone is 4. The Morgan fingerprint density at radius 1 is 0.571 bits per heavy atom. The Morgan fingerprint density at radius 2 is 1.10 bits per heavy atom. The predicted molar refractivity (Wildman–Crippen MR) is 157 cm³/mol. The minimum absolute atomic E-state index is 0. The van der Waals surface area contributed by atoms with Crippen molar-refractivity contribution in [3.05, 3.63) is 109 Å². The van der Waals surface area contributed by atoms with Gasteiger partial charge in [-0.15, -0.1) is 0 Å². The largest absolute Gasteiger partial charge is 2.00 e. The van der Waals surface area contributed by atoms with E-state index in [2.05, 4.69) is 41.0 Å². The SMILES string of the molecule is C[n+]1c2nc(nc3[n-]c(nc4nc(nc5[n-]c1c1ccccc51)-c1ccccc1-4)c1ccccc31)C1C=CC=CC21.[Cu+2]. The molecule has 5 heterocycles. The van der Waals surface area contributed by atoms with Crippen LogP contribution < -0.4 is 14.5 Å². The molecule has 2 aliphatic heterocycles. The molecule has 6 aromatic rings. The maximum Gasteiger partial charge on any atom is 2.00 e. The van der Waals surface area contributed by atoms with E-state index in [9.17, 15) is 0 Å². The van der Waals surface area contributed by atoms with Crippen LogP contribution >= 0.6 is 0 Å². The number of fused-ring (bicyclic) bond motifs is 20. The van der Waals surface area contributed by atoms with Crippen molar-refractivity contribution in [2.45, 2.75) is 11.8 Å². The van der Waals surface area contributed by atoms with Gasteiger partial charge in [0.05, 0.1) is 11.6 Å². The molecule has 8 bridgehead atoms. The molecule has 0 spiro atoms. The summed E-state index contributed by atoms with van der Waals surface area (Å²) in [7, 11) is 2.02. The Kier molecular flexibility index (Phi) is 5.47. The number of benzene rings is 3. The molecule has 3 aromatic carbocycles. The van der Waals surface area contributed by atoms with Crippen LogP contribution in [-0.2, 0) is 24.1 Å². The van der Waals surface area contributed by atoms with E-state index in [4.69, 9.17) is 34.9 Å². The Hall–Kier alpha value is -4.98. The van der Waals surface area contributed by atoms with Gasteiger partial charge >= 0.3 is 17.1 Å². The maximum atomic E-state index is 5.12. The summed E-state index contributed by atoms with van der Waals surface area (Å²) in [6.45, 7) is 0. The van der Waals surface area contributed by atoms with Gasteiger partial charge in [0.2, 0.25) is 0 Å². The molecule has 42 heavy (non-hydrogen) atoms. The number of nitrogens with zero attached hydrogens (tertiary/aromatic N) is 8. The average molecular weight is 593 g/mol. The number of hydrogen-bond donors (Lipinski definition) is 0. The van der Waals surface area contributed by atoms with E-state index in [1.165, 1.54) is 0 Å². The molecule has 1 aliphatic carbocycles. The standard InChI is InChI=1S/C33H21N8.Cu/c1-41-32-24-16-8-6-14-22(24)30(39-32)37-28-20-12-4-2-10-18(20)26(35-28)34-27-19-11-3-5-13-21(19)29(36-27)38-31-23-15-7-9-17-25(23)33(41)40-31;/h2-17,22,24H,1H3;/q-1;+2. The molecule has 0 fully saturated rings. The van der Waals surface area contributed by atoms with Crippen LogP contribution in [0.3, 0.4) is 0 Å². The van der Waals surface area contributed by atoms with Crippen LogP contribution in [0.15, 0.2) is 97.1 Å². The molecule has 3 aromatic heterocycles. The summed E-state index contributed by atoms with van der Waals surface area (Å²) in [4.78, 5) is 35.1. The van der Waals surface area contributed by atoms with Crippen LogP contribution in [0.4, 0.5) is 0 Å². The first-order chi connectivity index (χ1) is 20.2. The van der Waals surface area contributed by atoms with Crippen molar-refractivity contribution in [3.63, 3.8) is 0 Å². The summed E-state index contributed by atoms with van der Waals surface area (Å²) in [5, 5.41) is 3.82. The summed E-state index contributed by atoms with van der Waals surface area (Å²) < 4.78 is 2.08. The molecule has 0 saturated carbocycles. The fourth-order valence-electron chi connectivity index (χ4n) is 6.15. The second-order valence-corrected chi connectivity index (χ2v) is 10.5. The van der Waals surface area contributed by atoms with Gasteiger partial charge in [0, 0.05) is 52.1 Å². The van der Waals surface area contributed by atoms with Crippen LogP contribution in [0.1, 0.15) is 23.5 Å². The monoisotopic (exact) mass is 592 g/mol. The molecule has 0 amide bonds. The number of rotatable bonds is 0. The normalized spacial score (nSPS) is 16.8. The quantitative estimate of drug-likeness (QED) is 0.176. The van der Waals surface area contributed by atoms with Gasteiger partial charge in [-0.25, -0.2) is 19.9 Å². The maximum absolute atomic E-state index is 5.12. The van der Waals surface area contributed by atoms with Gasteiger partial charge in [-0.2, -0.15) is 0 Å². The van der Waals surface area contributed by atoms with E-state index in [1.807, 2.05) is 67.7 Å². The molecule has 9 rings (SSSR count). The van der Waals surface area contributed by atoms with Gasteiger partial charge in [-0.1, -0.05) is 97.1 Å². The van der Waals surface area contributed by atoms with Gasteiger partial charge in [-0.05, 0) is 10.8 Å². The van der Waals surface area contributed by atoms with Gasteiger partial charge < -0.3 is 19.5 Å². The zero-order valence-electron chi connectivity index (χ0n) is 22.3. The number of aryl methyl sites for hydroxylation is 1. The van der Waals surface area contributed by atoms with Crippen LogP contribution in [0.5, 0.6) is 0 Å². The topological polar surface area (TPSA) is 96.5 Å². The first-order valence-corrected chi connectivity index (χ1v) is 13.6. The molecule has 0 saturated heterocycles. The second kappa shape index (κ2) is 9.27. The van der Waals surface area contributed by atoms with Gasteiger partial charge in [0.15, 0.2) is 11.5 Å². The summed E-state index contributed by atoms with van der Waals surface area (Å²) >= 11 is 0. The Morgan fingerprint density at radius 3 is 1.76 bits per heavy atom. The van der Waals surface area contributed by atoms with Crippen molar-refractivity contribution in [2.24, 2.45) is 7.05 Å².